The van der Waals surface area contributed by atoms with Crippen LogP contribution >= 0.6 is 15.9 Å². The van der Waals surface area contributed by atoms with E-state index in [1.54, 1.807) is 0 Å². The second-order valence-corrected chi connectivity index (χ2v) is 5.34. The zero-order valence-electron chi connectivity index (χ0n) is 9.47. The van der Waals surface area contributed by atoms with Gasteiger partial charge in [-0.25, -0.2) is 4.39 Å². The van der Waals surface area contributed by atoms with Crippen LogP contribution in [0.5, 0.6) is 0 Å². The van der Waals surface area contributed by atoms with Gasteiger partial charge in [-0.1, -0.05) is 22.0 Å². The third-order valence-electron chi connectivity index (χ3n) is 2.83. The standard InChI is InChI=1S/C12H12BrF4N/c13-11-5-9(14)2-1-8(11)6-18(10-3-4-10)7-12(15,16)17/h1-2,5,10H,3-4,6-7H2. The Kier molecular flexibility index (Phi) is 3.96. The lowest BCUT2D eigenvalue weighted by Gasteiger charge is -2.23. The van der Waals surface area contributed by atoms with Gasteiger partial charge in [-0.05, 0) is 30.5 Å². The molecule has 0 heterocycles. The molecule has 2 rings (SSSR count). The first kappa shape index (κ1) is 13.8. The maximum atomic E-state index is 12.9. The highest BCUT2D eigenvalue weighted by atomic mass is 79.9. The number of halogens is 5. The Morgan fingerprint density at radius 1 is 1.28 bits per heavy atom. The van der Waals surface area contributed by atoms with Crippen LogP contribution < -0.4 is 0 Å². The summed E-state index contributed by atoms with van der Waals surface area (Å²) in [5.41, 5.74) is 0.674. The molecule has 0 atom stereocenters. The maximum absolute atomic E-state index is 12.9. The Labute approximate surface area is 111 Å². The first-order valence-corrected chi connectivity index (χ1v) is 6.39. The number of nitrogens with zero attached hydrogens (tertiary/aromatic N) is 1. The van der Waals surface area contributed by atoms with Gasteiger partial charge in [-0.3, -0.25) is 4.90 Å². The zero-order valence-corrected chi connectivity index (χ0v) is 11.1. The lowest BCUT2D eigenvalue weighted by Crippen LogP contribution is -2.35. The molecule has 0 bridgehead atoms. The van der Waals surface area contributed by atoms with Crippen molar-refractivity contribution in [3.63, 3.8) is 0 Å². The molecule has 0 aromatic heterocycles. The predicted molar refractivity (Wildman–Crippen MR) is 63.6 cm³/mol. The van der Waals surface area contributed by atoms with E-state index in [4.69, 9.17) is 0 Å². The number of hydrogen-bond acceptors (Lipinski definition) is 1. The summed E-state index contributed by atoms with van der Waals surface area (Å²) in [5, 5.41) is 0. The monoisotopic (exact) mass is 325 g/mol. The third-order valence-corrected chi connectivity index (χ3v) is 3.57. The van der Waals surface area contributed by atoms with Gasteiger partial charge in [0.25, 0.3) is 0 Å². The Hall–Kier alpha value is -0.620. The van der Waals surface area contributed by atoms with E-state index in [-0.39, 0.29) is 12.6 Å². The fourth-order valence-corrected chi connectivity index (χ4v) is 2.33. The van der Waals surface area contributed by atoms with Crippen molar-refractivity contribution in [1.82, 2.24) is 4.90 Å². The van der Waals surface area contributed by atoms with Gasteiger partial charge < -0.3 is 0 Å². The van der Waals surface area contributed by atoms with Crippen LogP contribution in [0.25, 0.3) is 0 Å². The molecule has 1 aliphatic rings. The molecule has 0 spiro atoms. The second kappa shape index (κ2) is 5.17. The molecular formula is C12H12BrF4N. The van der Waals surface area contributed by atoms with Gasteiger partial charge in [-0.2, -0.15) is 13.2 Å². The molecule has 0 aliphatic heterocycles. The normalized spacial score (nSPS) is 16.3. The summed E-state index contributed by atoms with van der Waals surface area (Å²) < 4.78 is 50.8. The van der Waals surface area contributed by atoms with E-state index in [0.29, 0.717) is 10.0 Å². The van der Waals surface area contributed by atoms with Crippen molar-refractivity contribution in [2.75, 3.05) is 6.54 Å². The van der Waals surface area contributed by atoms with Crippen molar-refractivity contribution < 1.29 is 17.6 Å². The molecule has 0 radical (unpaired) electrons. The van der Waals surface area contributed by atoms with Gasteiger partial charge in [0.05, 0.1) is 6.54 Å². The van der Waals surface area contributed by atoms with E-state index in [9.17, 15) is 17.6 Å². The average molecular weight is 326 g/mol. The Bertz CT molecular complexity index is 429. The van der Waals surface area contributed by atoms with Gasteiger partial charge in [0.2, 0.25) is 0 Å². The summed E-state index contributed by atoms with van der Waals surface area (Å²) in [6.07, 6.45) is -2.60. The minimum atomic E-state index is -4.20. The second-order valence-electron chi connectivity index (χ2n) is 4.49. The van der Waals surface area contributed by atoms with Crippen molar-refractivity contribution in [2.24, 2.45) is 0 Å². The van der Waals surface area contributed by atoms with Crippen LogP contribution in [-0.2, 0) is 6.54 Å². The smallest absolute Gasteiger partial charge is 0.288 e. The highest BCUT2D eigenvalue weighted by molar-refractivity contribution is 9.10. The summed E-state index contributed by atoms with van der Waals surface area (Å²) in [7, 11) is 0. The molecule has 0 amide bonds. The summed E-state index contributed by atoms with van der Waals surface area (Å²) in [4.78, 5) is 1.40. The number of benzene rings is 1. The number of alkyl halides is 3. The van der Waals surface area contributed by atoms with Crippen LogP contribution in [0, 0.1) is 5.82 Å². The van der Waals surface area contributed by atoms with Crippen molar-refractivity contribution in [3.05, 3.63) is 34.1 Å². The fourth-order valence-electron chi connectivity index (χ4n) is 1.85. The summed E-state index contributed by atoms with van der Waals surface area (Å²) in [6.45, 7) is -0.730. The van der Waals surface area contributed by atoms with Crippen LogP contribution in [0.4, 0.5) is 17.6 Å². The number of rotatable bonds is 4. The van der Waals surface area contributed by atoms with E-state index in [0.717, 1.165) is 12.8 Å². The SMILES string of the molecule is Fc1ccc(CN(CC(F)(F)F)C2CC2)c(Br)c1. The molecule has 1 aromatic rings. The summed E-state index contributed by atoms with van der Waals surface area (Å²) in [6, 6.07) is 4.06. The van der Waals surface area contributed by atoms with Crippen molar-refractivity contribution in [1.29, 1.82) is 0 Å². The highest BCUT2D eigenvalue weighted by Gasteiger charge is 2.38. The molecule has 0 N–H and O–H groups in total. The van der Waals surface area contributed by atoms with Gasteiger partial charge in [0, 0.05) is 17.1 Å². The molecule has 6 heteroatoms. The van der Waals surface area contributed by atoms with E-state index in [1.807, 2.05) is 0 Å². The first-order valence-electron chi connectivity index (χ1n) is 5.60. The average Bonchev–Trinajstić information content (AvgIpc) is 3.02. The van der Waals surface area contributed by atoms with Crippen LogP contribution in [0.1, 0.15) is 18.4 Å². The van der Waals surface area contributed by atoms with E-state index < -0.39 is 18.5 Å². The van der Waals surface area contributed by atoms with Crippen LogP contribution in [-0.4, -0.2) is 23.7 Å². The lowest BCUT2D eigenvalue weighted by molar-refractivity contribution is -0.148. The van der Waals surface area contributed by atoms with Gasteiger partial charge >= 0.3 is 6.18 Å². The van der Waals surface area contributed by atoms with E-state index >= 15 is 0 Å². The molecule has 100 valence electrons. The Morgan fingerprint density at radius 2 is 1.94 bits per heavy atom. The first-order chi connectivity index (χ1) is 8.35. The molecule has 1 fully saturated rings. The fraction of sp³-hybridized carbons (Fsp3) is 0.500. The van der Waals surface area contributed by atoms with Gasteiger partial charge in [-0.15, -0.1) is 0 Å². The third kappa shape index (κ3) is 3.95. The largest absolute Gasteiger partial charge is 0.401 e. The quantitative estimate of drug-likeness (QED) is 0.753. The van der Waals surface area contributed by atoms with Crippen molar-refractivity contribution in [2.45, 2.75) is 31.6 Å². The van der Waals surface area contributed by atoms with Crippen LogP contribution in [0.2, 0.25) is 0 Å². The van der Waals surface area contributed by atoms with Crippen LogP contribution in [0.15, 0.2) is 22.7 Å². The minimum absolute atomic E-state index is 0.00331. The highest BCUT2D eigenvalue weighted by Crippen LogP contribution is 2.32. The molecule has 0 saturated heterocycles. The van der Waals surface area contributed by atoms with Crippen molar-refractivity contribution >= 4 is 15.9 Å². The maximum Gasteiger partial charge on any atom is 0.401 e. The van der Waals surface area contributed by atoms with Gasteiger partial charge in [0.1, 0.15) is 5.82 Å². The Balaban J connectivity index is 2.08. The molecular weight excluding hydrogens is 314 g/mol. The molecule has 1 saturated carbocycles. The molecule has 18 heavy (non-hydrogen) atoms. The molecule has 1 aromatic carbocycles. The lowest BCUT2D eigenvalue weighted by atomic mass is 10.2. The summed E-state index contributed by atoms with van der Waals surface area (Å²) >= 11 is 3.18. The molecule has 0 unspecified atom stereocenters. The van der Waals surface area contributed by atoms with Crippen molar-refractivity contribution in [3.8, 4) is 0 Å². The van der Waals surface area contributed by atoms with E-state index in [1.165, 1.54) is 23.1 Å². The summed E-state index contributed by atoms with van der Waals surface area (Å²) in [5.74, 6) is -0.403. The predicted octanol–water partition coefficient (Wildman–Crippen LogP) is 4.11. The zero-order chi connectivity index (χ0) is 13.3. The minimum Gasteiger partial charge on any atom is -0.288 e. The Morgan fingerprint density at radius 3 is 2.44 bits per heavy atom. The topological polar surface area (TPSA) is 3.24 Å². The van der Waals surface area contributed by atoms with Crippen LogP contribution in [0.3, 0.4) is 0 Å². The number of hydrogen-bond donors (Lipinski definition) is 0. The molecule has 1 nitrogen and oxygen atoms in total. The van der Waals surface area contributed by atoms with Gasteiger partial charge in [0.15, 0.2) is 0 Å². The van der Waals surface area contributed by atoms with E-state index in [2.05, 4.69) is 15.9 Å². The molecule has 1 aliphatic carbocycles.